The van der Waals surface area contributed by atoms with Crippen LogP contribution in [-0.4, -0.2) is 12.0 Å². The Morgan fingerprint density at radius 2 is 1.65 bits per heavy atom. The van der Waals surface area contributed by atoms with Crippen molar-refractivity contribution in [1.82, 2.24) is 4.98 Å². The Balaban J connectivity index is 2.41. The van der Waals surface area contributed by atoms with Gasteiger partial charge in [0.2, 0.25) is 0 Å². The second-order valence-corrected chi connectivity index (χ2v) is 4.48. The van der Waals surface area contributed by atoms with E-state index in [-0.39, 0.29) is 0 Å². The van der Waals surface area contributed by atoms with Crippen molar-refractivity contribution in [2.75, 3.05) is 12.4 Å². The maximum absolute atomic E-state index is 12.8. The topological polar surface area (TPSA) is 24.9 Å². The summed E-state index contributed by atoms with van der Waals surface area (Å²) < 4.78 is 38.5. The highest BCUT2D eigenvalue weighted by atomic mass is 19.4. The molecule has 3 rings (SSSR count). The quantitative estimate of drug-likeness (QED) is 0.664. The number of fused-ring (bicyclic) bond motifs is 2. The van der Waals surface area contributed by atoms with Crippen molar-refractivity contribution < 1.29 is 13.2 Å². The maximum Gasteiger partial charge on any atom is 0.416 e. The van der Waals surface area contributed by atoms with Gasteiger partial charge >= 0.3 is 6.18 Å². The van der Waals surface area contributed by atoms with Gasteiger partial charge in [0.1, 0.15) is 0 Å². The van der Waals surface area contributed by atoms with E-state index in [9.17, 15) is 13.2 Å². The molecule has 102 valence electrons. The lowest BCUT2D eigenvalue weighted by Crippen LogP contribution is -2.05. The first kappa shape index (κ1) is 12.7. The lowest BCUT2D eigenvalue weighted by molar-refractivity contribution is -0.137. The summed E-state index contributed by atoms with van der Waals surface area (Å²) in [5, 5.41) is 4.26. The summed E-state index contributed by atoms with van der Waals surface area (Å²) in [4.78, 5) is 4.40. The van der Waals surface area contributed by atoms with Crippen LogP contribution in [0.15, 0.2) is 42.5 Å². The van der Waals surface area contributed by atoms with E-state index < -0.39 is 11.7 Å². The normalized spacial score (nSPS) is 12.0. The van der Waals surface area contributed by atoms with Gasteiger partial charge in [0.25, 0.3) is 0 Å². The number of alkyl halides is 3. The number of pyridine rings is 1. The Morgan fingerprint density at radius 3 is 2.35 bits per heavy atom. The van der Waals surface area contributed by atoms with Crippen LogP contribution in [0.3, 0.4) is 0 Å². The molecule has 0 fully saturated rings. The van der Waals surface area contributed by atoms with Gasteiger partial charge in [0.15, 0.2) is 0 Å². The van der Waals surface area contributed by atoms with Gasteiger partial charge in [-0.15, -0.1) is 0 Å². The first-order valence-corrected chi connectivity index (χ1v) is 6.08. The Hall–Kier alpha value is -2.30. The van der Waals surface area contributed by atoms with Gasteiger partial charge in [-0.1, -0.05) is 18.2 Å². The molecule has 0 spiro atoms. The van der Waals surface area contributed by atoms with Gasteiger partial charge in [-0.25, -0.2) is 4.98 Å². The van der Waals surface area contributed by atoms with Crippen LogP contribution in [0.4, 0.5) is 18.9 Å². The molecular formula is C15H11F3N2. The number of aromatic nitrogens is 1. The van der Waals surface area contributed by atoms with Crippen LogP contribution in [0.25, 0.3) is 21.8 Å². The number of para-hydroxylation sites is 1. The zero-order valence-corrected chi connectivity index (χ0v) is 10.6. The Labute approximate surface area is 113 Å². The number of anilines is 1. The van der Waals surface area contributed by atoms with E-state index in [0.29, 0.717) is 16.6 Å². The average molecular weight is 276 g/mol. The third-order valence-corrected chi connectivity index (χ3v) is 3.26. The fraction of sp³-hybridized carbons (Fsp3) is 0.133. The number of halogens is 3. The standard InChI is InChI=1S/C15H11F3N2/c1-19-14-10-4-2-3-5-12(10)20-13-7-6-9(8-11(13)14)15(16,17)18/h2-8H,1H3,(H,19,20). The fourth-order valence-electron chi connectivity index (χ4n) is 2.34. The highest BCUT2D eigenvalue weighted by molar-refractivity contribution is 6.07. The first-order chi connectivity index (χ1) is 9.50. The molecule has 5 heteroatoms. The van der Waals surface area contributed by atoms with E-state index in [1.54, 1.807) is 7.05 Å². The number of hydrogen-bond donors (Lipinski definition) is 1. The number of nitrogens with zero attached hydrogens (tertiary/aromatic N) is 1. The number of hydrogen-bond acceptors (Lipinski definition) is 2. The zero-order valence-electron chi connectivity index (χ0n) is 10.6. The molecule has 0 aliphatic rings. The molecule has 1 aromatic heterocycles. The smallest absolute Gasteiger partial charge is 0.387 e. The van der Waals surface area contributed by atoms with Crippen molar-refractivity contribution in [2.45, 2.75) is 6.18 Å². The molecule has 2 aromatic carbocycles. The molecule has 0 aliphatic heterocycles. The molecule has 0 radical (unpaired) electrons. The highest BCUT2D eigenvalue weighted by Crippen LogP contribution is 2.35. The van der Waals surface area contributed by atoms with Gasteiger partial charge in [-0.2, -0.15) is 13.2 Å². The summed E-state index contributed by atoms with van der Waals surface area (Å²) in [5.74, 6) is 0. The number of rotatable bonds is 1. The summed E-state index contributed by atoms with van der Waals surface area (Å²) in [7, 11) is 1.70. The van der Waals surface area contributed by atoms with Crippen LogP contribution < -0.4 is 5.32 Å². The van der Waals surface area contributed by atoms with Gasteiger partial charge in [0.05, 0.1) is 22.3 Å². The van der Waals surface area contributed by atoms with Crippen LogP contribution in [0.1, 0.15) is 5.56 Å². The summed E-state index contributed by atoms with van der Waals surface area (Å²) in [5.41, 5.74) is 1.29. The van der Waals surface area contributed by atoms with E-state index in [1.165, 1.54) is 6.07 Å². The zero-order chi connectivity index (χ0) is 14.3. The molecule has 0 saturated carbocycles. The maximum atomic E-state index is 12.8. The van der Waals surface area contributed by atoms with E-state index >= 15 is 0 Å². The molecular weight excluding hydrogens is 265 g/mol. The van der Waals surface area contributed by atoms with Crippen molar-refractivity contribution in [3.8, 4) is 0 Å². The van der Waals surface area contributed by atoms with Crippen LogP contribution in [-0.2, 0) is 6.18 Å². The summed E-state index contributed by atoms with van der Waals surface area (Å²) in [6, 6.07) is 11.0. The first-order valence-electron chi connectivity index (χ1n) is 6.08. The molecule has 1 N–H and O–H groups in total. The lowest BCUT2D eigenvalue weighted by Gasteiger charge is -2.12. The lowest BCUT2D eigenvalue weighted by atomic mass is 10.1. The van der Waals surface area contributed by atoms with Gasteiger partial charge in [0, 0.05) is 17.8 Å². The van der Waals surface area contributed by atoms with Crippen LogP contribution in [0.5, 0.6) is 0 Å². The minimum atomic E-state index is -4.36. The monoisotopic (exact) mass is 276 g/mol. The molecule has 20 heavy (non-hydrogen) atoms. The molecule has 2 nitrogen and oxygen atoms in total. The predicted octanol–water partition coefficient (Wildman–Crippen LogP) is 4.45. The van der Waals surface area contributed by atoms with Crippen LogP contribution >= 0.6 is 0 Å². The molecule has 0 atom stereocenters. The molecule has 0 unspecified atom stereocenters. The van der Waals surface area contributed by atoms with E-state index in [1.807, 2.05) is 24.3 Å². The van der Waals surface area contributed by atoms with Crippen LogP contribution in [0.2, 0.25) is 0 Å². The van der Waals surface area contributed by atoms with Crippen molar-refractivity contribution in [2.24, 2.45) is 0 Å². The van der Waals surface area contributed by atoms with E-state index in [4.69, 9.17) is 0 Å². The van der Waals surface area contributed by atoms with Gasteiger partial charge < -0.3 is 5.32 Å². The Kier molecular flexibility index (Phi) is 2.78. The Morgan fingerprint density at radius 1 is 0.950 bits per heavy atom. The van der Waals surface area contributed by atoms with Crippen molar-refractivity contribution in [1.29, 1.82) is 0 Å². The third kappa shape index (κ3) is 1.95. The Bertz CT molecular complexity index is 794. The third-order valence-electron chi connectivity index (χ3n) is 3.26. The van der Waals surface area contributed by atoms with Gasteiger partial charge in [-0.3, -0.25) is 0 Å². The molecule has 1 heterocycles. The summed E-state index contributed by atoms with van der Waals surface area (Å²) >= 11 is 0. The van der Waals surface area contributed by atoms with Crippen molar-refractivity contribution in [3.63, 3.8) is 0 Å². The highest BCUT2D eigenvalue weighted by Gasteiger charge is 2.30. The molecule has 0 saturated heterocycles. The minimum Gasteiger partial charge on any atom is -0.387 e. The molecule has 0 bridgehead atoms. The SMILES string of the molecule is CNc1c2ccccc2nc2ccc(C(F)(F)F)cc12. The molecule has 0 aliphatic carbocycles. The molecule has 3 aromatic rings. The van der Waals surface area contributed by atoms with Gasteiger partial charge in [-0.05, 0) is 24.3 Å². The van der Waals surface area contributed by atoms with E-state index in [0.717, 1.165) is 23.0 Å². The largest absolute Gasteiger partial charge is 0.416 e. The summed E-state index contributed by atoms with van der Waals surface area (Å²) in [6.45, 7) is 0. The van der Waals surface area contributed by atoms with Crippen molar-refractivity contribution >= 4 is 27.5 Å². The second-order valence-electron chi connectivity index (χ2n) is 4.48. The summed E-state index contributed by atoms with van der Waals surface area (Å²) in [6.07, 6.45) is -4.36. The number of nitrogens with one attached hydrogen (secondary N) is 1. The van der Waals surface area contributed by atoms with E-state index in [2.05, 4.69) is 10.3 Å². The predicted molar refractivity (Wildman–Crippen MR) is 73.8 cm³/mol. The average Bonchev–Trinajstić information content (AvgIpc) is 2.43. The fourth-order valence-corrected chi connectivity index (χ4v) is 2.34. The minimum absolute atomic E-state index is 0.473. The molecule has 0 amide bonds. The van der Waals surface area contributed by atoms with Crippen molar-refractivity contribution in [3.05, 3.63) is 48.0 Å². The number of benzene rings is 2. The van der Waals surface area contributed by atoms with Crippen LogP contribution in [0, 0.1) is 0 Å². The second kappa shape index (κ2) is 4.37.